The monoisotopic (exact) mass is 240 g/mol. The zero-order chi connectivity index (χ0) is 12.5. The van der Waals surface area contributed by atoms with Crippen molar-refractivity contribution in [2.45, 2.75) is 64.3 Å². The molecule has 1 aromatic heterocycles. The minimum atomic E-state index is -0.880. The Labute approximate surface area is 101 Å². The summed E-state index contributed by atoms with van der Waals surface area (Å²) >= 11 is 0. The van der Waals surface area contributed by atoms with Gasteiger partial charge in [-0.2, -0.15) is 4.98 Å². The first-order chi connectivity index (χ1) is 8.03. The Morgan fingerprint density at radius 3 is 2.82 bits per heavy atom. The molecule has 1 saturated heterocycles. The van der Waals surface area contributed by atoms with Gasteiger partial charge in [-0.1, -0.05) is 12.1 Å². The highest BCUT2D eigenvalue weighted by Gasteiger charge is 2.44. The topological polar surface area (TPSA) is 68.4 Å². The lowest BCUT2D eigenvalue weighted by molar-refractivity contribution is -0.0385. The molecule has 2 rings (SSSR count). The second-order valence-electron chi connectivity index (χ2n) is 4.93. The fourth-order valence-electron chi connectivity index (χ4n) is 2.35. The zero-order valence-electron chi connectivity index (χ0n) is 10.6. The molecule has 1 aliphatic heterocycles. The molecule has 3 atom stereocenters. The van der Waals surface area contributed by atoms with Gasteiger partial charge in [0.25, 0.3) is 0 Å². The summed E-state index contributed by atoms with van der Waals surface area (Å²) in [4.78, 5) is 4.27. The van der Waals surface area contributed by atoms with Gasteiger partial charge in [0.15, 0.2) is 5.82 Å². The summed E-state index contributed by atoms with van der Waals surface area (Å²) in [5.41, 5.74) is -0.880. The number of nitrogens with zero attached hydrogens (tertiary/aromatic N) is 2. The molecule has 0 unspecified atom stereocenters. The Morgan fingerprint density at radius 1 is 1.47 bits per heavy atom. The Kier molecular flexibility index (Phi) is 3.49. The van der Waals surface area contributed by atoms with Crippen LogP contribution in [0.4, 0.5) is 0 Å². The van der Waals surface area contributed by atoms with Crippen molar-refractivity contribution in [1.29, 1.82) is 0 Å². The second-order valence-corrected chi connectivity index (χ2v) is 4.93. The van der Waals surface area contributed by atoms with E-state index in [9.17, 15) is 5.11 Å². The number of rotatable bonds is 4. The molecule has 0 bridgehead atoms. The van der Waals surface area contributed by atoms with Gasteiger partial charge in [-0.05, 0) is 20.3 Å². The Balaban J connectivity index is 2.04. The largest absolute Gasteiger partial charge is 0.387 e. The average molecular weight is 240 g/mol. The van der Waals surface area contributed by atoms with E-state index in [0.29, 0.717) is 24.6 Å². The molecule has 96 valence electrons. The lowest BCUT2D eigenvalue weighted by Crippen LogP contribution is -2.38. The lowest BCUT2D eigenvalue weighted by Gasteiger charge is -2.23. The fourth-order valence-corrected chi connectivity index (χ4v) is 2.35. The van der Waals surface area contributed by atoms with Gasteiger partial charge in [0, 0.05) is 12.8 Å². The van der Waals surface area contributed by atoms with Gasteiger partial charge in [0.05, 0.1) is 18.6 Å². The van der Waals surface area contributed by atoms with Gasteiger partial charge in [-0.25, -0.2) is 0 Å². The van der Waals surface area contributed by atoms with E-state index >= 15 is 0 Å². The van der Waals surface area contributed by atoms with Crippen LogP contribution in [0.15, 0.2) is 4.52 Å². The van der Waals surface area contributed by atoms with Gasteiger partial charge < -0.3 is 14.4 Å². The number of aryl methyl sites for hydroxylation is 1. The van der Waals surface area contributed by atoms with Crippen LogP contribution in [0.25, 0.3) is 0 Å². The summed E-state index contributed by atoms with van der Waals surface area (Å²) in [6, 6.07) is 0. The maximum Gasteiger partial charge on any atom is 0.229 e. The summed E-state index contributed by atoms with van der Waals surface area (Å²) in [5, 5.41) is 14.4. The second kappa shape index (κ2) is 4.74. The molecule has 0 aromatic carbocycles. The van der Waals surface area contributed by atoms with Gasteiger partial charge in [-0.15, -0.1) is 0 Å². The van der Waals surface area contributed by atoms with Crippen LogP contribution in [0.1, 0.15) is 45.3 Å². The number of hydrogen-bond donors (Lipinski definition) is 1. The molecule has 2 heterocycles. The fraction of sp³-hybridized carbons (Fsp3) is 0.833. The summed E-state index contributed by atoms with van der Waals surface area (Å²) in [6.07, 6.45) is 2.66. The van der Waals surface area contributed by atoms with Crippen molar-refractivity contribution in [2.75, 3.05) is 0 Å². The molecule has 0 spiro atoms. The van der Waals surface area contributed by atoms with Crippen LogP contribution >= 0.6 is 0 Å². The third-order valence-electron chi connectivity index (χ3n) is 3.28. The van der Waals surface area contributed by atoms with Gasteiger partial charge in [0.2, 0.25) is 5.89 Å². The molecule has 1 aromatic rings. The summed E-state index contributed by atoms with van der Waals surface area (Å²) < 4.78 is 10.7. The first kappa shape index (κ1) is 12.5. The van der Waals surface area contributed by atoms with Crippen LogP contribution < -0.4 is 0 Å². The number of ether oxygens (including phenoxy) is 1. The smallest absolute Gasteiger partial charge is 0.229 e. The molecular weight excluding hydrogens is 220 g/mol. The van der Waals surface area contributed by atoms with Crippen LogP contribution in [-0.4, -0.2) is 33.1 Å². The zero-order valence-corrected chi connectivity index (χ0v) is 10.6. The van der Waals surface area contributed by atoms with Crippen LogP contribution in [0.2, 0.25) is 0 Å². The summed E-state index contributed by atoms with van der Waals surface area (Å²) in [6.45, 7) is 5.91. The summed E-state index contributed by atoms with van der Waals surface area (Å²) in [5.74, 6) is 1.21. The summed E-state index contributed by atoms with van der Waals surface area (Å²) in [7, 11) is 0. The van der Waals surface area contributed by atoms with Gasteiger partial charge >= 0.3 is 0 Å². The normalized spacial score (nSPS) is 33.2. The molecule has 0 amide bonds. The van der Waals surface area contributed by atoms with Crippen LogP contribution in [0.5, 0.6) is 0 Å². The maximum absolute atomic E-state index is 10.5. The quantitative estimate of drug-likeness (QED) is 0.863. The Bertz CT molecular complexity index is 380. The Hall–Kier alpha value is -0.940. The van der Waals surface area contributed by atoms with Crippen molar-refractivity contribution >= 4 is 0 Å². The molecule has 1 N–H and O–H groups in total. The predicted molar refractivity (Wildman–Crippen MR) is 61.6 cm³/mol. The molecule has 0 aliphatic carbocycles. The van der Waals surface area contributed by atoms with Crippen molar-refractivity contribution < 1.29 is 14.4 Å². The minimum absolute atomic E-state index is 0.0769. The molecule has 1 fully saturated rings. The van der Waals surface area contributed by atoms with Crippen molar-refractivity contribution in [3.63, 3.8) is 0 Å². The van der Waals surface area contributed by atoms with E-state index in [1.807, 2.05) is 13.8 Å². The van der Waals surface area contributed by atoms with Crippen LogP contribution in [0, 0.1) is 0 Å². The lowest BCUT2D eigenvalue weighted by atomic mass is 9.91. The van der Waals surface area contributed by atoms with E-state index in [1.165, 1.54) is 0 Å². The van der Waals surface area contributed by atoms with Crippen LogP contribution in [0.3, 0.4) is 0 Å². The molecule has 0 radical (unpaired) electrons. The van der Waals surface area contributed by atoms with E-state index in [-0.39, 0.29) is 12.2 Å². The molecule has 5 heteroatoms. The maximum atomic E-state index is 10.5. The molecule has 0 saturated carbocycles. The van der Waals surface area contributed by atoms with E-state index in [1.54, 1.807) is 0 Å². The SMILES string of the molecule is CCCc1noc(C[C@]2(O)C[C@H](C)O[C@@H]2C)n1. The minimum Gasteiger partial charge on any atom is -0.387 e. The third-order valence-corrected chi connectivity index (χ3v) is 3.28. The molecule has 1 aliphatic rings. The van der Waals surface area contributed by atoms with Crippen molar-refractivity contribution in [3.05, 3.63) is 11.7 Å². The van der Waals surface area contributed by atoms with Crippen LogP contribution in [-0.2, 0) is 17.6 Å². The highest BCUT2D eigenvalue weighted by molar-refractivity contribution is 5.00. The molecule has 17 heavy (non-hydrogen) atoms. The van der Waals surface area contributed by atoms with Crippen molar-refractivity contribution in [3.8, 4) is 0 Å². The standard InChI is InChI=1S/C12H20N2O3/c1-4-5-10-13-11(17-14-10)7-12(15)6-8(2)16-9(12)3/h8-9,15H,4-7H2,1-3H3/t8-,9+,12+/m0/s1. The van der Waals surface area contributed by atoms with Gasteiger partial charge in [-0.3, -0.25) is 0 Å². The first-order valence-electron chi connectivity index (χ1n) is 6.23. The van der Waals surface area contributed by atoms with E-state index in [4.69, 9.17) is 9.26 Å². The van der Waals surface area contributed by atoms with Crippen molar-refractivity contribution in [2.24, 2.45) is 0 Å². The molecule has 5 nitrogen and oxygen atoms in total. The Morgan fingerprint density at radius 2 is 2.24 bits per heavy atom. The third kappa shape index (κ3) is 2.66. The van der Waals surface area contributed by atoms with E-state index in [0.717, 1.165) is 12.8 Å². The number of hydrogen-bond acceptors (Lipinski definition) is 5. The highest BCUT2D eigenvalue weighted by atomic mass is 16.5. The van der Waals surface area contributed by atoms with E-state index < -0.39 is 5.60 Å². The van der Waals surface area contributed by atoms with E-state index in [2.05, 4.69) is 17.1 Å². The number of aromatic nitrogens is 2. The average Bonchev–Trinajstić information content (AvgIpc) is 2.74. The highest BCUT2D eigenvalue weighted by Crippen LogP contribution is 2.32. The molecular formula is C12H20N2O3. The predicted octanol–water partition coefficient (Wildman–Crippen LogP) is 1.49. The first-order valence-corrected chi connectivity index (χ1v) is 6.23. The number of aliphatic hydroxyl groups is 1. The van der Waals surface area contributed by atoms with Crippen molar-refractivity contribution in [1.82, 2.24) is 10.1 Å². The van der Waals surface area contributed by atoms with Gasteiger partial charge in [0.1, 0.15) is 5.60 Å².